The molecule has 7 heteroatoms. The van der Waals surface area contributed by atoms with E-state index in [2.05, 4.69) is 38.1 Å². The van der Waals surface area contributed by atoms with E-state index >= 15 is 0 Å². The summed E-state index contributed by atoms with van der Waals surface area (Å²) in [7, 11) is 0. The van der Waals surface area contributed by atoms with Crippen molar-refractivity contribution in [2.45, 2.75) is 81.8 Å². The number of rotatable bonds is 4. The Bertz CT molecular complexity index is 876. The molecule has 2 aromatic rings. The van der Waals surface area contributed by atoms with E-state index in [1.165, 1.54) is 31.1 Å². The van der Waals surface area contributed by atoms with Crippen molar-refractivity contribution in [2.75, 3.05) is 13.1 Å². The number of amides is 1. The molecule has 3 aliphatic rings. The number of likely N-dealkylation sites (tertiary alicyclic amines) is 1. The Balaban J connectivity index is 0.000000730. The lowest BCUT2D eigenvalue weighted by Gasteiger charge is -2.39. The van der Waals surface area contributed by atoms with Gasteiger partial charge in [0.15, 0.2) is 0 Å². The number of nitrogens with one attached hydrogen (secondary N) is 1. The van der Waals surface area contributed by atoms with E-state index in [9.17, 15) is 4.79 Å². The van der Waals surface area contributed by atoms with Gasteiger partial charge in [-0.15, -0.1) is 0 Å². The summed E-state index contributed by atoms with van der Waals surface area (Å²) in [6.07, 6.45) is 15.4. The van der Waals surface area contributed by atoms with Crippen LogP contribution >= 0.6 is 0 Å². The zero-order valence-electron chi connectivity index (χ0n) is 18.2. The highest BCUT2D eigenvalue weighted by Gasteiger charge is 2.47. The molecule has 168 valence electrons. The molecule has 0 radical (unpaired) electrons. The minimum Gasteiger partial charge on any atom is -0.483 e. The normalized spacial score (nSPS) is 25.7. The minimum atomic E-state index is -0.250. The van der Waals surface area contributed by atoms with Crippen LogP contribution in [-0.2, 0) is 9.59 Å². The zero-order chi connectivity index (χ0) is 21.7. The van der Waals surface area contributed by atoms with Crippen LogP contribution in [0.25, 0.3) is 11.0 Å². The topological polar surface area (TPSA) is 87.5 Å². The molecule has 5 rings (SSSR count). The zero-order valence-corrected chi connectivity index (χ0v) is 18.2. The summed E-state index contributed by atoms with van der Waals surface area (Å²) in [5.74, 6) is 0.323. The number of nitrogens with zero attached hydrogens (tertiary/aromatic N) is 3. The molecule has 0 atom stereocenters. The highest BCUT2D eigenvalue weighted by Crippen LogP contribution is 2.38. The van der Waals surface area contributed by atoms with Gasteiger partial charge in [-0.25, -0.2) is 4.98 Å². The number of hydrogen-bond acceptors (Lipinski definition) is 4. The monoisotopic (exact) mass is 426 g/mol. The summed E-state index contributed by atoms with van der Waals surface area (Å²) in [6, 6.07) is 7.12. The van der Waals surface area contributed by atoms with Crippen LogP contribution in [-0.4, -0.2) is 56.6 Å². The molecule has 2 aliphatic carbocycles. The van der Waals surface area contributed by atoms with Crippen LogP contribution in [0.3, 0.4) is 0 Å². The molecule has 0 spiro atoms. The first-order chi connectivity index (χ1) is 15.2. The lowest BCUT2D eigenvalue weighted by molar-refractivity contribution is -0.134. The highest BCUT2D eigenvalue weighted by atomic mass is 16.3. The molecule has 31 heavy (non-hydrogen) atoms. The van der Waals surface area contributed by atoms with Crippen LogP contribution in [0.2, 0.25) is 0 Å². The molecule has 3 fully saturated rings. The smallest absolute Gasteiger partial charge is 0.290 e. The Hall–Kier alpha value is -2.41. The van der Waals surface area contributed by atoms with Crippen LogP contribution in [0.4, 0.5) is 0 Å². The van der Waals surface area contributed by atoms with Crippen LogP contribution in [0.1, 0.15) is 70.3 Å². The molecule has 0 aromatic carbocycles. The quantitative estimate of drug-likeness (QED) is 0.727. The van der Waals surface area contributed by atoms with Gasteiger partial charge in [0.25, 0.3) is 6.47 Å². The Morgan fingerprint density at radius 3 is 2.45 bits per heavy atom. The fraction of sp³-hybridized carbons (Fsp3) is 0.625. The second-order valence-corrected chi connectivity index (χ2v) is 9.16. The van der Waals surface area contributed by atoms with Crippen LogP contribution in [0, 0.1) is 0 Å². The Kier molecular flexibility index (Phi) is 6.90. The summed E-state index contributed by atoms with van der Waals surface area (Å²) in [5.41, 5.74) is 0.891. The maximum Gasteiger partial charge on any atom is 0.290 e. The van der Waals surface area contributed by atoms with Crippen molar-refractivity contribution < 1.29 is 14.7 Å². The Morgan fingerprint density at radius 2 is 1.77 bits per heavy atom. The van der Waals surface area contributed by atoms with Gasteiger partial charge in [0.2, 0.25) is 5.91 Å². The van der Waals surface area contributed by atoms with E-state index in [4.69, 9.17) is 9.90 Å². The molecule has 0 bridgehead atoms. The third-order valence-corrected chi connectivity index (χ3v) is 7.47. The summed E-state index contributed by atoms with van der Waals surface area (Å²) < 4.78 is 2.34. The van der Waals surface area contributed by atoms with Crippen molar-refractivity contribution in [3.63, 3.8) is 0 Å². The van der Waals surface area contributed by atoms with Gasteiger partial charge < -0.3 is 15.0 Å². The SMILES string of the molecule is O=C(NC1CCC(n2ccc3cccnc32)CC1)C1(N2CCCC2)CCCC1.O=CO. The van der Waals surface area contributed by atoms with E-state index in [1.807, 2.05) is 12.3 Å². The first kappa shape index (κ1) is 21.8. The molecule has 1 amide bonds. The van der Waals surface area contributed by atoms with E-state index in [-0.39, 0.29) is 12.0 Å². The van der Waals surface area contributed by atoms with E-state index in [0.717, 1.165) is 57.3 Å². The van der Waals surface area contributed by atoms with Gasteiger partial charge in [-0.05, 0) is 82.7 Å². The predicted molar refractivity (Wildman–Crippen MR) is 120 cm³/mol. The average Bonchev–Trinajstić information content (AvgIpc) is 3.55. The minimum absolute atomic E-state index is 0.200. The molecule has 3 heterocycles. The number of carbonyl (C=O) groups is 2. The maximum atomic E-state index is 13.3. The van der Waals surface area contributed by atoms with E-state index < -0.39 is 0 Å². The van der Waals surface area contributed by atoms with Gasteiger partial charge in [-0.1, -0.05) is 12.8 Å². The standard InChI is InChI=1S/C23H32N4O.CH2O2/c28-22(23(12-1-2-13-23)26-15-3-4-16-26)25-19-7-9-20(10-8-19)27-17-11-18-6-5-14-24-21(18)27;2-1-3/h5-6,11,14,17,19-20H,1-4,7-10,12-13,15-16H2,(H,25,28);1H,(H,2,3). The third kappa shape index (κ3) is 4.47. The van der Waals surface area contributed by atoms with Gasteiger partial charge in [0.05, 0.1) is 0 Å². The van der Waals surface area contributed by atoms with Crippen molar-refractivity contribution >= 4 is 23.4 Å². The van der Waals surface area contributed by atoms with Crippen molar-refractivity contribution in [3.05, 3.63) is 30.6 Å². The van der Waals surface area contributed by atoms with Crippen LogP contribution in [0.5, 0.6) is 0 Å². The molecule has 0 unspecified atom stereocenters. The van der Waals surface area contributed by atoms with Crippen molar-refractivity contribution in [2.24, 2.45) is 0 Å². The summed E-state index contributed by atoms with van der Waals surface area (Å²) in [4.78, 5) is 28.8. The van der Waals surface area contributed by atoms with Crippen LogP contribution < -0.4 is 5.32 Å². The Labute approximate surface area is 183 Å². The first-order valence-corrected chi connectivity index (χ1v) is 11.7. The number of carbonyl (C=O) groups excluding carboxylic acids is 1. The lowest BCUT2D eigenvalue weighted by Crippen LogP contribution is -2.58. The molecule has 1 saturated heterocycles. The summed E-state index contributed by atoms with van der Waals surface area (Å²) in [6.45, 7) is 1.96. The van der Waals surface area contributed by atoms with Gasteiger partial charge >= 0.3 is 0 Å². The second kappa shape index (κ2) is 9.81. The van der Waals surface area contributed by atoms with E-state index in [1.54, 1.807) is 0 Å². The largest absolute Gasteiger partial charge is 0.483 e. The summed E-state index contributed by atoms with van der Waals surface area (Å²) >= 11 is 0. The molecule has 2 aromatic heterocycles. The number of aromatic nitrogens is 2. The van der Waals surface area contributed by atoms with Crippen molar-refractivity contribution in [1.29, 1.82) is 0 Å². The number of carboxylic acid groups (broad SMARTS) is 1. The maximum absolute atomic E-state index is 13.3. The first-order valence-electron chi connectivity index (χ1n) is 11.7. The van der Waals surface area contributed by atoms with Gasteiger partial charge in [0, 0.05) is 29.9 Å². The fourth-order valence-electron chi connectivity index (χ4n) is 5.89. The van der Waals surface area contributed by atoms with Crippen molar-refractivity contribution in [1.82, 2.24) is 19.8 Å². The summed E-state index contributed by atoms with van der Waals surface area (Å²) in [5, 5.41) is 11.6. The molecule has 7 nitrogen and oxygen atoms in total. The predicted octanol–water partition coefficient (Wildman–Crippen LogP) is 3.75. The van der Waals surface area contributed by atoms with Crippen molar-refractivity contribution in [3.8, 4) is 0 Å². The average molecular weight is 427 g/mol. The lowest BCUT2D eigenvalue weighted by atomic mass is 9.88. The number of fused-ring (bicyclic) bond motifs is 1. The second-order valence-electron chi connectivity index (χ2n) is 9.16. The molecular formula is C24H34N4O3. The third-order valence-electron chi connectivity index (χ3n) is 7.47. The van der Waals surface area contributed by atoms with Gasteiger partial charge in [-0.3, -0.25) is 14.5 Å². The Morgan fingerprint density at radius 1 is 1.10 bits per heavy atom. The van der Waals surface area contributed by atoms with Gasteiger partial charge in [-0.2, -0.15) is 0 Å². The van der Waals surface area contributed by atoms with Gasteiger partial charge in [0.1, 0.15) is 11.2 Å². The number of hydrogen-bond donors (Lipinski definition) is 2. The van der Waals surface area contributed by atoms with E-state index in [0.29, 0.717) is 18.0 Å². The van der Waals surface area contributed by atoms with Crippen LogP contribution in [0.15, 0.2) is 30.6 Å². The molecule has 2 saturated carbocycles. The molecular weight excluding hydrogens is 392 g/mol. The molecule has 1 aliphatic heterocycles. The fourth-order valence-corrected chi connectivity index (χ4v) is 5.89. The highest BCUT2D eigenvalue weighted by molar-refractivity contribution is 5.87. The number of pyridine rings is 1. The molecule has 2 N–H and O–H groups in total.